The van der Waals surface area contributed by atoms with Gasteiger partial charge in [0.05, 0.1) is 11.3 Å². The highest BCUT2D eigenvalue weighted by atomic mass is 14.8. The lowest BCUT2D eigenvalue weighted by molar-refractivity contribution is 0.740. The molecule has 26 heavy (non-hydrogen) atoms. The van der Waals surface area contributed by atoms with Crippen LogP contribution in [0.3, 0.4) is 0 Å². The fraction of sp³-hybridized carbons (Fsp3) is 0.333. The van der Waals surface area contributed by atoms with Gasteiger partial charge in [-0.05, 0) is 22.8 Å². The third-order valence-electron chi connectivity index (χ3n) is 6.35. The van der Waals surface area contributed by atoms with E-state index in [1.54, 1.807) is 6.21 Å². The Morgan fingerprint density at radius 1 is 0.923 bits per heavy atom. The molecule has 2 unspecified atom stereocenters. The third-order valence-corrected chi connectivity index (χ3v) is 6.35. The standard InChI is InChI=1S/C24H24N2/c1-14-19-7-5-9-21(14)23(16(19)3)11-18(12-25)13-26-24-17(4)20-8-6-10-22(24)15(20)2/h5-11,13-17H,1-4H3/b18-11-,26-13?/t14?,15?,16-,17-/m0/s1. The van der Waals surface area contributed by atoms with E-state index in [4.69, 9.17) is 4.99 Å². The van der Waals surface area contributed by atoms with E-state index in [9.17, 15) is 5.26 Å². The number of hydrogen-bond donors (Lipinski definition) is 0. The van der Waals surface area contributed by atoms with Gasteiger partial charge >= 0.3 is 0 Å². The summed E-state index contributed by atoms with van der Waals surface area (Å²) in [4.78, 5) is 4.76. The first-order valence-electron chi connectivity index (χ1n) is 9.43. The second-order valence-corrected chi connectivity index (χ2v) is 7.66. The Bertz CT molecular complexity index is 951. The van der Waals surface area contributed by atoms with E-state index in [1.807, 2.05) is 6.08 Å². The number of nitrogens with zero attached hydrogens (tertiary/aromatic N) is 2. The summed E-state index contributed by atoms with van der Waals surface area (Å²) in [5.74, 6) is 1.58. The average molecular weight is 340 g/mol. The molecule has 4 bridgehead atoms. The SMILES string of the molecule is CC1C2=CC=CC1=C(/C=C(/C#N)C=NC1=C3C=CC=C(C3C)[C@@H]1C)[C@H]2C. The Labute approximate surface area is 156 Å². The summed E-state index contributed by atoms with van der Waals surface area (Å²) in [7, 11) is 0. The van der Waals surface area contributed by atoms with Gasteiger partial charge in [0.25, 0.3) is 0 Å². The van der Waals surface area contributed by atoms with Crippen molar-refractivity contribution in [3.05, 3.63) is 81.7 Å². The predicted molar refractivity (Wildman–Crippen MR) is 107 cm³/mol. The Balaban J connectivity index is 1.67. The molecule has 2 heteroatoms. The van der Waals surface area contributed by atoms with E-state index in [1.165, 1.54) is 27.9 Å². The molecule has 0 spiro atoms. The summed E-state index contributed by atoms with van der Waals surface area (Å²) in [5, 5.41) is 9.65. The molecule has 4 aliphatic rings. The van der Waals surface area contributed by atoms with Crippen LogP contribution in [0.4, 0.5) is 0 Å². The van der Waals surface area contributed by atoms with Crippen LogP contribution in [-0.4, -0.2) is 6.21 Å². The quantitative estimate of drug-likeness (QED) is 0.485. The van der Waals surface area contributed by atoms with Crippen molar-refractivity contribution < 1.29 is 0 Å². The Morgan fingerprint density at radius 3 is 2.15 bits per heavy atom. The lowest BCUT2D eigenvalue weighted by Gasteiger charge is -2.13. The first-order valence-corrected chi connectivity index (χ1v) is 9.43. The highest BCUT2D eigenvalue weighted by Gasteiger charge is 2.33. The van der Waals surface area contributed by atoms with Crippen LogP contribution in [0.1, 0.15) is 27.7 Å². The smallest absolute Gasteiger partial charge is 0.101 e. The molecule has 0 aromatic rings. The van der Waals surface area contributed by atoms with Gasteiger partial charge in [0.1, 0.15) is 6.07 Å². The van der Waals surface area contributed by atoms with Gasteiger partial charge < -0.3 is 0 Å². The van der Waals surface area contributed by atoms with E-state index in [2.05, 4.69) is 70.2 Å². The Morgan fingerprint density at radius 2 is 1.54 bits per heavy atom. The monoisotopic (exact) mass is 340 g/mol. The van der Waals surface area contributed by atoms with E-state index in [-0.39, 0.29) is 0 Å². The maximum absolute atomic E-state index is 9.65. The summed E-state index contributed by atoms with van der Waals surface area (Å²) in [6.45, 7) is 8.91. The van der Waals surface area contributed by atoms with E-state index in [0.717, 1.165) is 5.70 Å². The third kappa shape index (κ3) is 2.42. The van der Waals surface area contributed by atoms with Gasteiger partial charge in [-0.2, -0.15) is 5.26 Å². The van der Waals surface area contributed by atoms with Crippen molar-refractivity contribution in [1.29, 1.82) is 5.26 Å². The minimum atomic E-state index is 0.325. The zero-order valence-corrected chi connectivity index (χ0v) is 15.8. The van der Waals surface area contributed by atoms with Gasteiger partial charge in [-0.1, -0.05) is 75.3 Å². The number of nitriles is 1. The summed E-state index contributed by atoms with van der Waals surface area (Å²) < 4.78 is 0. The van der Waals surface area contributed by atoms with Crippen molar-refractivity contribution in [2.24, 2.45) is 28.7 Å². The predicted octanol–water partition coefficient (Wildman–Crippen LogP) is 5.62. The second kappa shape index (κ2) is 6.25. The molecule has 0 aromatic carbocycles. The maximum atomic E-state index is 9.65. The number of hydrogen-bond acceptors (Lipinski definition) is 2. The summed E-state index contributed by atoms with van der Waals surface area (Å²) >= 11 is 0. The molecule has 4 aliphatic carbocycles. The molecule has 0 saturated heterocycles. The fourth-order valence-corrected chi connectivity index (χ4v) is 4.79. The van der Waals surface area contributed by atoms with Gasteiger partial charge in [0.2, 0.25) is 0 Å². The minimum Gasteiger partial charge on any atom is -0.259 e. The van der Waals surface area contributed by atoms with Crippen LogP contribution in [0, 0.1) is 35.0 Å². The van der Waals surface area contributed by atoms with Crippen LogP contribution in [0.5, 0.6) is 0 Å². The van der Waals surface area contributed by atoms with Gasteiger partial charge in [0.15, 0.2) is 0 Å². The average Bonchev–Trinajstić information content (AvgIpc) is 2.85. The molecule has 0 amide bonds. The summed E-state index contributed by atoms with van der Waals surface area (Å²) in [5.41, 5.74) is 8.48. The molecule has 0 heterocycles. The van der Waals surface area contributed by atoms with E-state index in [0.29, 0.717) is 29.2 Å². The van der Waals surface area contributed by atoms with Crippen LogP contribution < -0.4 is 0 Å². The molecule has 4 atom stereocenters. The van der Waals surface area contributed by atoms with Crippen molar-refractivity contribution >= 4 is 6.21 Å². The van der Waals surface area contributed by atoms with Crippen LogP contribution in [0.2, 0.25) is 0 Å². The molecule has 130 valence electrons. The lowest BCUT2D eigenvalue weighted by Crippen LogP contribution is -2.01. The topological polar surface area (TPSA) is 36.1 Å². The highest BCUT2D eigenvalue weighted by Crippen LogP contribution is 2.45. The number of fused-ring (bicyclic) bond motifs is 4. The van der Waals surface area contributed by atoms with Crippen LogP contribution in [-0.2, 0) is 0 Å². The largest absolute Gasteiger partial charge is 0.259 e. The van der Waals surface area contributed by atoms with Crippen LogP contribution in [0.25, 0.3) is 0 Å². The Kier molecular flexibility index (Phi) is 4.04. The first kappa shape index (κ1) is 16.8. The van der Waals surface area contributed by atoms with Crippen LogP contribution >= 0.6 is 0 Å². The number of aliphatic imine (C=N–C) groups is 1. The zero-order valence-electron chi connectivity index (χ0n) is 15.8. The molecule has 0 aliphatic heterocycles. The number of rotatable bonds is 3. The fourth-order valence-electron chi connectivity index (χ4n) is 4.79. The highest BCUT2D eigenvalue weighted by molar-refractivity contribution is 5.86. The van der Waals surface area contributed by atoms with Gasteiger partial charge in [-0.25, -0.2) is 0 Å². The van der Waals surface area contributed by atoms with Crippen molar-refractivity contribution in [1.82, 2.24) is 0 Å². The molecule has 0 saturated carbocycles. The van der Waals surface area contributed by atoms with Gasteiger partial charge in [-0.15, -0.1) is 0 Å². The first-order chi connectivity index (χ1) is 12.5. The van der Waals surface area contributed by atoms with Crippen molar-refractivity contribution in [2.75, 3.05) is 0 Å². The van der Waals surface area contributed by atoms with E-state index < -0.39 is 0 Å². The molecule has 0 radical (unpaired) electrons. The second-order valence-electron chi connectivity index (χ2n) is 7.66. The normalized spacial score (nSPS) is 32.5. The Hall–Kier alpha value is -2.66. The molecule has 0 N–H and O–H groups in total. The van der Waals surface area contributed by atoms with Gasteiger partial charge in [-0.3, -0.25) is 4.99 Å². The molecule has 4 rings (SSSR count). The molecular weight excluding hydrogens is 316 g/mol. The van der Waals surface area contributed by atoms with Crippen molar-refractivity contribution in [2.45, 2.75) is 27.7 Å². The molecular formula is C24H24N2. The lowest BCUT2D eigenvalue weighted by atomic mass is 9.91. The van der Waals surface area contributed by atoms with Gasteiger partial charge in [0, 0.05) is 29.9 Å². The maximum Gasteiger partial charge on any atom is 0.101 e. The summed E-state index contributed by atoms with van der Waals surface area (Å²) in [6, 6.07) is 2.33. The molecule has 2 nitrogen and oxygen atoms in total. The van der Waals surface area contributed by atoms with Crippen molar-refractivity contribution in [3.63, 3.8) is 0 Å². The van der Waals surface area contributed by atoms with Crippen LogP contribution in [0.15, 0.2) is 86.7 Å². The summed E-state index contributed by atoms with van der Waals surface area (Å²) in [6.07, 6.45) is 16.8. The van der Waals surface area contributed by atoms with Crippen molar-refractivity contribution in [3.8, 4) is 6.07 Å². The minimum absolute atomic E-state index is 0.325. The molecule has 0 fully saturated rings. The molecule has 0 aromatic heterocycles. The van der Waals surface area contributed by atoms with E-state index >= 15 is 0 Å². The number of allylic oxidation sites excluding steroid dienone is 13. The zero-order chi connectivity index (χ0) is 18.4.